The highest BCUT2D eigenvalue weighted by Crippen LogP contribution is 2.36. The van der Waals surface area contributed by atoms with Gasteiger partial charge in [0.15, 0.2) is 5.75 Å². The number of rotatable bonds is 9. The van der Waals surface area contributed by atoms with Crippen LogP contribution in [0.5, 0.6) is 5.75 Å². The zero-order chi connectivity index (χ0) is 22.2. The summed E-state index contributed by atoms with van der Waals surface area (Å²) in [5.74, 6) is 0.721. The smallest absolute Gasteiger partial charge is 0.226 e. The summed E-state index contributed by atoms with van der Waals surface area (Å²) in [6.07, 6.45) is 2.47. The van der Waals surface area contributed by atoms with Gasteiger partial charge < -0.3 is 19.9 Å². The van der Waals surface area contributed by atoms with Gasteiger partial charge in [-0.2, -0.15) is 0 Å². The average molecular weight is 464 g/mol. The second kappa shape index (κ2) is 11.6. The maximum Gasteiger partial charge on any atom is 0.226 e. The first-order chi connectivity index (χ1) is 15.0. The van der Waals surface area contributed by atoms with Crippen LogP contribution in [-0.2, 0) is 4.79 Å². The van der Waals surface area contributed by atoms with E-state index >= 15 is 0 Å². The second-order valence-electron chi connectivity index (χ2n) is 7.65. The Hall–Kier alpha value is -1.95. The first-order valence-electron chi connectivity index (χ1n) is 11.0. The number of likely N-dealkylation sites (tertiary alicyclic amines) is 1. The second-order valence-corrected chi connectivity index (χ2v) is 8.47. The number of benzene rings is 2. The first-order valence-corrected chi connectivity index (χ1v) is 11.7. The molecule has 0 aliphatic carbocycles. The molecule has 1 saturated heterocycles. The molecule has 0 spiro atoms. The van der Waals surface area contributed by atoms with Gasteiger partial charge >= 0.3 is 0 Å². The van der Waals surface area contributed by atoms with Crippen LogP contribution in [0.2, 0.25) is 10.0 Å². The van der Waals surface area contributed by atoms with Crippen molar-refractivity contribution in [2.24, 2.45) is 0 Å². The lowest BCUT2D eigenvalue weighted by Gasteiger charge is -2.38. The Morgan fingerprint density at radius 3 is 2.35 bits per heavy atom. The molecule has 1 aliphatic rings. The average Bonchev–Trinajstić information content (AvgIpc) is 2.78. The van der Waals surface area contributed by atoms with Crippen LogP contribution in [0.3, 0.4) is 0 Å². The molecule has 3 rings (SSSR count). The maximum absolute atomic E-state index is 12.6. The van der Waals surface area contributed by atoms with Crippen molar-refractivity contribution < 1.29 is 9.53 Å². The summed E-state index contributed by atoms with van der Waals surface area (Å²) >= 11 is 12.6. The number of piperidine rings is 1. The van der Waals surface area contributed by atoms with Crippen LogP contribution < -0.4 is 15.0 Å². The highest BCUT2D eigenvalue weighted by atomic mass is 35.5. The minimum absolute atomic E-state index is 0.190. The Morgan fingerprint density at radius 1 is 1.13 bits per heavy atom. The third-order valence-electron chi connectivity index (χ3n) is 5.57. The molecule has 0 unspecified atom stereocenters. The molecule has 1 N–H and O–H groups in total. The van der Waals surface area contributed by atoms with Gasteiger partial charge in [-0.1, -0.05) is 48.3 Å². The van der Waals surface area contributed by atoms with Crippen LogP contribution in [0.1, 0.15) is 33.1 Å². The topological polar surface area (TPSA) is 44.8 Å². The van der Waals surface area contributed by atoms with Gasteiger partial charge in [-0.3, -0.25) is 4.79 Å². The third-order valence-corrected chi connectivity index (χ3v) is 6.13. The lowest BCUT2D eigenvalue weighted by molar-refractivity contribution is -0.119. The third kappa shape index (κ3) is 6.28. The molecule has 5 nitrogen and oxygen atoms in total. The van der Waals surface area contributed by atoms with E-state index in [1.807, 2.05) is 61.2 Å². The van der Waals surface area contributed by atoms with E-state index in [4.69, 9.17) is 27.9 Å². The molecule has 0 atom stereocenters. The summed E-state index contributed by atoms with van der Waals surface area (Å²) in [5.41, 5.74) is 1.89. The van der Waals surface area contributed by atoms with Gasteiger partial charge in [-0.15, -0.1) is 0 Å². The van der Waals surface area contributed by atoms with E-state index in [1.54, 1.807) is 0 Å². The van der Waals surface area contributed by atoms with Gasteiger partial charge in [-0.05, 0) is 44.0 Å². The summed E-state index contributed by atoms with van der Waals surface area (Å²) in [6.45, 7) is 8.00. The van der Waals surface area contributed by atoms with Crippen molar-refractivity contribution in [2.45, 2.75) is 39.2 Å². The van der Waals surface area contributed by atoms with Crippen LogP contribution in [0.15, 0.2) is 42.5 Å². The Morgan fingerprint density at radius 2 is 1.77 bits per heavy atom. The summed E-state index contributed by atoms with van der Waals surface area (Å²) < 4.78 is 5.48. The lowest BCUT2D eigenvalue weighted by Crippen LogP contribution is -2.48. The van der Waals surface area contributed by atoms with Crippen molar-refractivity contribution in [2.75, 3.05) is 43.0 Å². The molecule has 31 heavy (non-hydrogen) atoms. The van der Waals surface area contributed by atoms with E-state index < -0.39 is 0 Å². The first kappa shape index (κ1) is 23.7. The SMILES string of the molecule is CCOc1c(Cl)cc(NCCN2CCC(N(C(=O)CC)c3ccccc3)CC2)cc1Cl. The lowest BCUT2D eigenvalue weighted by atomic mass is 10.0. The summed E-state index contributed by atoms with van der Waals surface area (Å²) in [7, 11) is 0. The van der Waals surface area contributed by atoms with Crippen LogP contribution in [0.4, 0.5) is 11.4 Å². The molecule has 1 aliphatic heterocycles. The molecular formula is C24H31Cl2N3O2. The number of anilines is 2. The van der Waals surface area contributed by atoms with E-state index in [0.717, 1.165) is 50.4 Å². The summed E-state index contributed by atoms with van der Waals surface area (Å²) in [4.78, 5) is 17.0. The monoisotopic (exact) mass is 463 g/mol. The molecule has 1 amide bonds. The van der Waals surface area contributed by atoms with Gasteiger partial charge in [0.1, 0.15) is 0 Å². The number of hydrogen-bond acceptors (Lipinski definition) is 4. The van der Waals surface area contributed by atoms with Gasteiger partial charge in [0.05, 0.1) is 16.7 Å². The van der Waals surface area contributed by atoms with Crippen molar-refractivity contribution in [1.82, 2.24) is 4.90 Å². The number of carbonyl (C=O) groups is 1. The molecule has 0 aromatic heterocycles. The van der Waals surface area contributed by atoms with Crippen LogP contribution in [0.25, 0.3) is 0 Å². The van der Waals surface area contributed by atoms with Crippen molar-refractivity contribution in [3.8, 4) is 5.75 Å². The molecule has 2 aromatic carbocycles. The van der Waals surface area contributed by atoms with E-state index in [9.17, 15) is 4.79 Å². The minimum atomic E-state index is 0.190. The Labute approximate surface area is 195 Å². The van der Waals surface area contributed by atoms with Crippen molar-refractivity contribution in [3.63, 3.8) is 0 Å². The predicted molar refractivity (Wildman–Crippen MR) is 130 cm³/mol. The normalized spacial score (nSPS) is 15.0. The molecule has 7 heteroatoms. The molecule has 2 aromatic rings. The Bertz CT molecular complexity index is 832. The fourth-order valence-electron chi connectivity index (χ4n) is 4.02. The number of nitrogens with zero attached hydrogens (tertiary/aromatic N) is 2. The van der Waals surface area contributed by atoms with Crippen molar-refractivity contribution in [3.05, 3.63) is 52.5 Å². The number of para-hydroxylation sites is 1. The highest BCUT2D eigenvalue weighted by Gasteiger charge is 2.28. The van der Waals surface area contributed by atoms with Crippen molar-refractivity contribution >= 4 is 40.5 Å². The number of nitrogens with one attached hydrogen (secondary N) is 1. The number of halogens is 2. The van der Waals surface area contributed by atoms with Crippen molar-refractivity contribution in [1.29, 1.82) is 0 Å². The predicted octanol–water partition coefficient (Wildman–Crippen LogP) is 5.71. The van der Waals surface area contributed by atoms with E-state index in [1.165, 1.54) is 0 Å². The Kier molecular flexibility index (Phi) is 8.88. The number of ether oxygens (including phenoxy) is 1. The highest BCUT2D eigenvalue weighted by molar-refractivity contribution is 6.37. The van der Waals surface area contributed by atoms with Crippen LogP contribution >= 0.6 is 23.2 Å². The largest absolute Gasteiger partial charge is 0.491 e. The molecule has 0 bridgehead atoms. The number of carbonyl (C=O) groups excluding carboxylic acids is 1. The van der Waals surface area contributed by atoms with E-state index in [0.29, 0.717) is 28.8 Å². The van der Waals surface area contributed by atoms with Gasteiger partial charge in [0, 0.05) is 50.0 Å². The van der Waals surface area contributed by atoms with Gasteiger partial charge in [-0.25, -0.2) is 0 Å². The number of hydrogen-bond donors (Lipinski definition) is 1. The Balaban J connectivity index is 1.50. The van der Waals surface area contributed by atoms with E-state index in [-0.39, 0.29) is 11.9 Å². The van der Waals surface area contributed by atoms with Crippen LogP contribution in [-0.4, -0.2) is 49.6 Å². The zero-order valence-electron chi connectivity index (χ0n) is 18.2. The van der Waals surface area contributed by atoms with Gasteiger partial charge in [0.2, 0.25) is 5.91 Å². The minimum Gasteiger partial charge on any atom is -0.491 e. The number of amides is 1. The quantitative estimate of drug-likeness (QED) is 0.516. The summed E-state index contributed by atoms with van der Waals surface area (Å²) in [6, 6.07) is 14.0. The van der Waals surface area contributed by atoms with Crippen LogP contribution in [0, 0.1) is 0 Å². The standard InChI is InChI=1S/C24H31Cl2N3O2/c1-3-23(30)29(19-8-6-5-7-9-19)20-10-13-28(14-11-20)15-12-27-18-16-21(25)24(31-4-2)22(26)17-18/h5-9,16-17,20,27H,3-4,10-15H2,1-2H3. The summed E-state index contributed by atoms with van der Waals surface area (Å²) in [5, 5.41) is 4.43. The molecule has 1 fully saturated rings. The molecular weight excluding hydrogens is 433 g/mol. The van der Waals surface area contributed by atoms with Gasteiger partial charge in [0.25, 0.3) is 0 Å². The molecule has 168 valence electrons. The maximum atomic E-state index is 12.6. The fraction of sp³-hybridized carbons (Fsp3) is 0.458. The van der Waals surface area contributed by atoms with E-state index in [2.05, 4.69) is 10.2 Å². The zero-order valence-corrected chi connectivity index (χ0v) is 19.8. The fourth-order valence-corrected chi connectivity index (χ4v) is 4.62. The molecule has 0 saturated carbocycles. The molecule has 1 heterocycles. The molecule has 0 radical (unpaired) electrons.